The molecule has 4 saturated heterocycles. The summed E-state index contributed by atoms with van der Waals surface area (Å²) in [6, 6.07) is 21.1. The van der Waals surface area contributed by atoms with Gasteiger partial charge in [-0.1, -0.05) is 19.1 Å². The first-order valence-electron chi connectivity index (χ1n) is 17.1. The first-order chi connectivity index (χ1) is 25.2. The minimum atomic E-state index is -0.629. The van der Waals surface area contributed by atoms with Gasteiger partial charge in [0.25, 0.3) is 23.6 Å². The Labute approximate surface area is 299 Å². The van der Waals surface area contributed by atoms with Crippen LogP contribution in [0.3, 0.4) is 0 Å². The second-order valence-corrected chi connectivity index (χ2v) is 12.6. The molecule has 0 N–H and O–H groups in total. The molecule has 0 saturated carbocycles. The maximum absolute atomic E-state index is 12.6. The molecule has 15 nitrogen and oxygen atoms in total. The fourth-order valence-electron chi connectivity index (χ4n) is 6.59. The Kier molecular flexibility index (Phi) is 9.87. The quantitative estimate of drug-likeness (QED) is 0.333. The minimum Gasteiger partial charge on any atom is -0.444 e. The fourth-order valence-corrected chi connectivity index (χ4v) is 6.59. The van der Waals surface area contributed by atoms with E-state index in [1.807, 2.05) is 31.2 Å². The molecule has 6 amide bonds. The maximum atomic E-state index is 12.6. The normalized spacial score (nSPS) is 21.7. The van der Waals surface area contributed by atoms with Gasteiger partial charge in [-0.05, 0) is 67.1 Å². The molecule has 8 rings (SSSR count). The number of amides is 6. The van der Waals surface area contributed by atoms with Gasteiger partial charge in [-0.15, -0.1) is 0 Å². The van der Waals surface area contributed by atoms with Crippen LogP contribution in [0.1, 0.15) is 34.1 Å². The van der Waals surface area contributed by atoms with Gasteiger partial charge in [0.2, 0.25) is 0 Å². The van der Waals surface area contributed by atoms with Crippen LogP contribution in [0.5, 0.6) is 0 Å². The van der Waals surface area contributed by atoms with Crippen LogP contribution < -0.4 is 19.6 Å². The molecule has 3 aromatic carbocycles. The van der Waals surface area contributed by atoms with Crippen LogP contribution in [0, 0.1) is 0 Å². The molecule has 4 fully saturated rings. The van der Waals surface area contributed by atoms with Crippen LogP contribution in [0.15, 0.2) is 72.8 Å². The van der Waals surface area contributed by atoms with Gasteiger partial charge in [0.05, 0.1) is 44.0 Å². The summed E-state index contributed by atoms with van der Waals surface area (Å²) in [5.41, 5.74) is 3.68. The van der Waals surface area contributed by atoms with E-state index in [2.05, 4.69) is 0 Å². The molecule has 0 radical (unpaired) electrons. The van der Waals surface area contributed by atoms with Gasteiger partial charge in [-0.3, -0.25) is 33.9 Å². The Hall–Kier alpha value is -5.80. The number of morpholine rings is 2. The Morgan fingerprint density at radius 3 is 1.37 bits per heavy atom. The predicted molar refractivity (Wildman–Crippen MR) is 187 cm³/mol. The first kappa shape index (κ1) is 34.6. The number of anilines is 4. The van der Waals surface area contributed by atoms with Crippen LogP contribution in [-0.4, -0.2) is 112 Å². The number of carbonyl (C=O) groups is 6. The largest absolute Gasteiger partial charge is 0.444 e. The lowest BCUT2D eigenvalue weighted by atomic mass is 10.1. The summed E-state index contributed by atoms with van der Waals surface area (Å²) in [6.45, 7) is 5.01. The zero-order valence-electron chi connectivity index (χ0n) is 28.5. The molecule has 2 atom stereocenters. The number of ether oxygens (including phenoxy) is 4. The Morgan fingerprint density at radius 1 is 0.558 bits per heavy atom. The van der Waals surface area contributed by atoms with Gasteiger partial charge in [-0.2, -0.15) is 0 Å². The molecule has 3 aromatic rings. The topological polar surface area (TPSA) is 156 Å². The van der Waals surface area contributed by atoms with Crippen molar-refractivity contribution in [1.29, 1.82) is 0 Å². The van der Waals surface area contributed by atoms with Gasteiger partial charge in [-0.25, -0.2) is 9.59 Å². The lowest BCUT2D eigenvalue weighted by Gasteiger charge is -2.27. The molecular weight excluding hydrogens is 674 g/mol. The van der Waals surface area contributed by atoms with E-state index in [4.69, 9.17) is 18.9 Å². The summed E-state index contributed by atoms with van der Waals surface area (Å²) in [4.78, 5) is 80.6. The molecular formula is C37H37N5O10. The van der Waals surface area contributed by atoms with Gasteiger partial charge in [0, 0.05) is 35.8 Å². The van der Waals surface area contributed by atoms with Gasteiger partial charge in [0.15, 0.2) is 0 Å². The lowest BCUT2D eigenvalue weighted by Crippen LogP contribution is -2.41. The van der Waals surface area contributed by atoms with Gasteiger partial charge < -0.3 is 28.7 Å². The van der Waals surface area contributed by atoms with E-state index in [0.29, 0.717) is 49.7 Å². The van der Waals surface area contributed by atoms with E-state index in [9.17, 15) is 28.8 Å². The van der Waals surface area contributed by atoms with Crippen LogP contribution in [0.2, 0.25) is 0 Å². The van der Waals surface area contributed by atoms with Crippen molar-refractivity contribution in [2.75, 3.05) is 78.8 Å². The third-order valence-corrected chi connectivity index (χ3v) is 9.39. The smallest absolute Gasteiger partial charge is 0.414 e. The zero-order valence-corrected chi connectivity index (χ0v) is 28.5. The number of imide groups is 1. The van der Waals surface area contributed by atoms with Crippen molar-refractivity contribution in [1.82, 2.24) is 4.90 Å². The van der Waals surface area contributed by atoms with Crippen molar-refractivity contribution >= 4 is 58.6 Å². The molecule has 0 spiro atoms. The highest BCUT2D eigenvalue weighted by Crippen LogP contribution is 2.29. The minimum absolute atomic E-state index is 0.00501. The van der Waals surface area contributed by atoms with Crippen LogP contribution in [0.4, 0.5) is 32.3 Å². The number of fused-ring (bicyclic) bond motifs is 1. The molecule has 5 aliphatic rings. The van der Waals surface area contributed by atoms with Crippen molar-refractivity contribution in [3.8, 4) is 0 Å². The van der Waals surface area contributed by atoms with Gasteiger partial charge >= 0.3 is 12.2 Å². The fraction of sp³-hybridized carbons (Fsp3) is 0.351. The highest BCUT2D eigenvalue weighted by molar-refractivity contribution is 6.21. The van der Waals surface area contributed by atoms with Crippen molar-refractivity contribution in [2.45, 2.75) is 25.6 Å². The zero-order chi connectivity index (χ0) is 36.4. The number of nitrogens with zero attached hydrogens (tertiary/aromatic N) is 5. The molecule has 5 aliphatic heterocycles. The standard InChI is InChI=1S/C22H19N3O6.C15H18N2O4/c26-19-13-30-10-9-23(19)14-5-7-15(8-6-14)24-11-16(31-22(24)29)12-25-20(27)17-3-1-2-4-18(17)21(25)28;1-2-13-9-17(15(19)21-13)12-5-3-11(4-6-12)16-7-8-20-10-14(16)18/h1-8,16H,9-13H2;3-6,13H,2,7-10H2,1H3/t16-;13-/m10/s1. The van der Waals surface area contributed by atoms with E-state index >= 15 is 0 Å². The van der Waals surface area contributed by atoms with Gasteiger partial charge in [0.1, 0.15) is 25.4 Å². The first-order valence-corrected chi connectivity index (χ1v) is 17.1. The van der Waals surface area contributed by atoms with E-state index in [1.165, 1.54) is 4.90 Å². The summed E-state index contributed by atoms with van der Waals surface area (Å²) in [5, 5.41) is 0. The van der Waals surface area contributed by atoms with Crippen molar-refractivity contribution in [2.24, 2.45) is 0 Å². The van der Waals surface area contributed by atoms with E-state index in [0.717, 1.165) is 28.4 Å². The molecule has 0 unspecified atom stereocenters. The molecule has 0 bridgehead atoms. The number of rotatable bonds is 7. The summed E-state index contributed by atoms with van der Waals surface area (Å²) < 4.78 is 20.9. The van der Waals surface area contributed by atoms with E-state index in [-0.39, 0.29) is 62.1 Å². The number of benzene rings is 3. The van der Waals surface area contributed by atoms with E-state index in [1.54, 1.807) is 63.2 Å². The Bertz CT molecular complexity index is 1850. The molecule has 15 heteroatoms. The monoisotopic (exact) mass is 711 g/mol. The van der Waals surface area contributed by atoms with Crippen LogP contribution in [0.25, 0.3) is 0 Å². The Balaban J connectivity index is 0.000000175. The molecule has 5 heterocycles. The van der Waals surface area contributed by atoms with Crippen molar-refractivity contribution < 1.29 is 47.7 Å². The van der Waals surface area contributed by atoms with E-state index < -0.39 is 12.2 Å². The number of hydrogen-bond acceptors (Lipinski definition) is 10. The number of carbonyl (C=O) groups excluding carboxylic acids is 6. The third-order valence-electron chi connectivity index (χ3n) is 9.39. The highest BCUT2D eigenvalue weighted by Gasteiger charge is 2.41. The number of hydrogen-bond donors (Lipinski definition) is 0. The molecule has 270 valence electrons. The molecule has 0 aromatic heterocycles. The third kappa shape index (κ3) is 6.92. The SMILES string of the molecule is CC[C@H]1CN(c2ccc(N3CCOCC3=O)cc2)C(=O)O1.O=C1c2ccccc2C(=O)N1C[C@H]1CN(c2ccc(N3CCOCC3=O)cc2)C(=O)O1. The summed E-state index contributed by atoms with van der Waals surface area (Å²) in [6.07, 6.45) is -0.718. The number of cyclic esters (lactones) is 2. The second kappa shape index (κ2) is 14.8. The van der Waals surface area contributed by atoms with Crippen LogP contribution in [-0.2, 0) is 28.5 Å². The highest BCUT2D eigenvalue weighted by atomic mass is 16.6. The second-order valence-electron chi connectivity index (χ2n) is 12.6. The van der Waals surface area contributed by atoms with Crippen LogP contribution >= 0.6 is 0 Å². The average molecular weight is 712 g/mol. The predicted octanol–water partition coefficient (Wildman–Crippen LogP) is 3.46. The van der Waals surface area contributed by atoms with Crippen molar-refractivity contribution in [3.05, 3.63) is 83.9 Å². The lowest BCUT2D eigenvalue weighted by molar-refractivity contribution is -0.126. The average Bonchev–Trinajstić information content (AvgIpc) is 3.81. The molecule has 0 aliphatic carbocycles. The summed E-state index contributed by atoms with van der Waals surface area (Å²) in [5.74, 6) is -0.912. The maximum Gasteiger partial charge on any atom is 0.414 e. The summed E-state index contributed by atoms with van der Waals surface area (Å²) >= 11 is 0. The molecule has 52 heavy (non-hydrogen) atoms. The Morgan fingerprint density at radius 2 is 0.962 bits per heavy atom. The van der Waals surface area contributed by atoms with Crippen molar-refractivity contribution in [3.63, 3.8) is 0 Å². The summed E-state index contributed by atoms with van der Waals surface area (Å²) in [7, 11) is 0.